The summed E-state index contributed by atoms with van der Waals surface area (Å²) in [5.74, 6) is 0.735. The fourth-order valence-corrected chi connectivity index (χ4v) is 2.44. The molecule has 2 rings (SSSR count). The molecule has 0 heterocycles. The lowest BCUT2D eigenvalue weighted by molar-refractivity contribution is 0.117. The van der Waals surface area contributed by atoms with Gasteiger partial charge in [-0.15, -0.1) is 0 Å². The lowest BCUT2D eigenvalue weighted by Crippen LogP contribution is -2.26. The van der Waals surface area contributed by atoms with Crippen LogP contribution in [-0.4, -0.2) is 24.4 Å². The van der Waals surface area contributed by atoms with Crippen LogP contribution in [0.3, 0.4) is 0 Å². The van der Waals surface area contributed by atoms with Crippen molar-refractivity contribution in [3.05, 3.63) is 57.5 Å². The molecular weight excluding hydrogens is 386 g/mol. The third-order valence-electron chi connectivity index (χ3n) is 2.64. The van der Waals surface area contributed by atoms with Gasteiger partial charge in [0.25, 0.3) is 0 Å². The smallest absolute Gasteiger partial charge is 0.120 e. The van der Waals surface area contributed by atoms with E-state index in [-0.39, 0.29) is 6.61 Å². The van der Waals surface area contributed by atoms with Crippen LogP contribution in [0.5, 0.6) is 5.75 Å². The number of nitrogens with one attached hydrogen (secondary N) is 1. The van der Waals surface area contributed by atoms with Gasteiger partial charge in [-0.2, -0.15) is 0 Å². The second kappa shape index (κ2) is 7.67. The van der Waals surface area contributed by atoms with Gasteiger partial charge in [-0.3, -0.25) is 0 Å². The zero-order valence-corrected chi connectivity index (χ0v) is 13.9. The zero-order valence-electron chi connectivity index (χ0n) is 10.7. The first-order chi connectivity index (χ1) is 9.65. The summed E-state index contributed by atoms with van der Waals surface area (Å²) in [5, 5.41) is 13.1. The van der Waals surface area contributed by atoms with E-state index < -0.39 is 6.10 Å². The first-order valence-corrected chi connectivity index (χ1v) is 7.78. The number of hydrogen-bond acceptors (Lipinski definition) is 3. The van der Waals surface area contributed by atoms with Crippen LogP contribution in [0.2, 0.25) is 0 Å². The number of ether oxygens (including phenoxy) is 1. The van der Waals surface area contributed by atoms with Crippen molar-refractivity contribution in [2.24, 2.45) is 0 Å². The molecule has 0 bridgehead atoms. The second-order valence-electron chi connectivity index (χ2n) is 4.28. The van der Waals surface area contributed by atoms with Crippen molar-refractivity contribution in [2.45, 2.75) is 6.10 Å². The molecule has 2 aromatic rings. The quantitative estimate of drug-likeness (QED) is 0.768. The summed E-state index contributed by atoms with van der Waals surface area (Å²) in [6, 6.07) is 15.3. The molecule has 0 saturated heterocycles. The van der Waals surface area contributed by atoms with Crippen molar-refractivity contribution in [1.82, 2.24) is 0 Å². The van der Waals surface area contributed by atoms with Gasteiger partial charge < -0.3 is 15.2 Å². The van der Waals surface area contributed by atoms with Gasteiger partial charge in [0.05, 0.1) is 0 Å². The number of anilines is 1. The Morgan fingerprint density at radius 2 is 1.90 bits per heavy atom. The van der Waals surface area contributed by atoms with E-state index in [9.17, 15) is 5.11 Å². The average Bonchev–Trinajstić information content (AvgIpc) is 2.44. The van der Waals surface area contributed by atoms with E-state index >= 15 is 0 Å². The van der Waals surface area contributed by atoms with Crippen LogP contribution in [-0.2, 0) is 0 Å². The van der Waals surface area contributed by atoms with E-state index in [4.69, 9.17) is 4.74 Å². The van der Waals surface area contributed by atoms with Crippen molar-refractivity contribution >= 4 is 37.5 Å². The van der Waals surface area contributed by atoms with Crippen LogP contribution in [0.4, 0.5) is 5.69 Å². The monoisotopic (exact) mass is 399 g/mol. The van der Waals surface area contributed by atoms with E-state index in [1.165, 1.54) is 0 Å². The largest absolute Gasteiger partial charge is 0.491 e. The standard InChI is InChI=1S/C15H15Br2NO2/c16-11-4-3-5-13(8-11)20-10-12(19)9-18-15-7-2-1-6-14(15)17/h1-8,12,18-19H,9-10H2. The molecule has 0 spiro atoms. The number of para-hydroxylation sites is 1. The highest BCUT2D eigenvalue weighted by atomic mass is 79.9. The van der Waals surface area contributed by atoms with Crippen LogP contribution in [0.25, 0.3) is 0 Å². The Morgan fingerprint density at radius 1 is 1.10 bits per heavy atom. The molecule has 1 atom stereocenters. The van der Waals surface area contributed by atoms with Gasteiger partial charge in [0.2, 0.25) is 0 Å². The molecule has 1 unspecified atom stereocenters. The number of rotatable bonds is 6. The molecule has 2 aromatic carbocycles. The fourth-order valence-electron chi connectivity index (χ4n) is 1.64. The topological polar surface area (TPSA) is 41.5 Å². The number of aliphatic hydroxyl groups excluding tert-OH is 1. The molecule has 5 heteroatoms. The fraction of sp³-hybridized carbons (Fsp3) is 0.200. The van der Waals surface area contributed by atoms with Crippen molar-refractivity contribution in [1.29, 1.82) is 0 Å². The van der Waals surface area contributed by atoms with Gasteiger partial charge in [0, 0.05) is 21.2 Å². The maximum atomic E-state index is 9.92. The Hall–Kier alpha value is -1.04. The minimum absolute atomic E-state index is 0.244. The first kappa shape index (κ1) is 15.4. The second-order valence-corrected chi connectivity index (χ2v) is 6.05. The van der Waals surface area contributed by atoms with E-state index in [2.05, 4.69) is 37.2 Å². The summed E-state index contributed by atoms with van der Waals surface area (Å²) < 4.78 is 7.46. The highest BCUT2D eigenvalue weighted by molar-refractivity contribution is 9.10. The van der Waals surface area contributed by atoms with Crippen LogP contribution < -0.4 is 10.1 Å². The molecule has 0 radical (unpaired) electrons. The van der Waals surface area contributed by atoms with Gasteiger partial charge in [-0.25, -0.2) is 0 Å². The molecule has 106 valence electrons. The number of benzene rings is 2. The summed E-state index contributed by atoms with van der Waals surface area (Å²) in [7, 11) is 0. The third-order valence-corrected chi connectivity index (χ3v) is 3.83. The van der Waals surface area contributed by atoms with Crippen molar-refractivity contribution < 1.29 is 9.84 Å². The Morgan fingerprint density at radius 3 is 2.65 bits per heavy atom. The predicted molar refractivity (Wildman–Crippen MR) is 88.3 cm³/mol. The van der Waals surface area contributed by atoms with Crippen LogP contribution in [0.1, 0.15) is 0 Å². The van der Waals surface area contributed by atoms with Crippen LogP contribution in [0.15, 0.2) is 57.5 Å². The van der Waals surface area contributed by atoms with Crippen molar-refractivity contribution in [3.8, 4) is 5.75 Å². The Bertz CT molecular complexity index is 563. The van der Waals surface area contributed by atoms with E-state index in [0.717, 1.165) is 20.4 Å². The van der Waals surface area contributed by atoms with Crippen LogP contribution in [0, 0.1) is 0 Å². The zero-order chi connectivity index (χ0) is 14.4. The number of aliphatic hydroxyl groups is 1. The summed E-state index contributed by atoms with van der Waals surface area (Å²) in [6.07, 6.45) is -0.582. The highest BCUT2D eigenvalue weighted by Crippen LogP contribution is 2.21. The average molecular weight is 401 g/mol. The lowest BCUT2D eigenvalue weighted by atomic mass is 10.3. The number of halogens is 2. The summed E-state index contributed by atoms with van der Waals surface area (Å²) >= 11 is 6.83. The van der Waals surface area contributed by atoms with Gasteiger partial charge in [0.1, 0.15) is 18.5 Å². The maximum absolute atomic E-state index is 9.92. The van der Waals surface area contributed by atoms with Crippen molar-refractivity contribution in [3.63, 3.8) is 0 Å². The Labute approximate surface area is 135 Å². The highest BCUT2D eigenvalue weighted by Gasteiger charge is 2.06. The van der Waals surface area contributed by atoms with E-state index in [1.54, 1.807) is 0 Å². The van der Waals surface area contributed by atoms with Crippen molar-refractivity contribution in [2.75, 3.05) is 18.5 Å². The van der Waals surface area contributed by atoms with E-state index in [1.807, 2.05) is 48.5 Å². The molecular formula is C15H15Br2NO2. The summed E-state index contributed by atoms with van der Waals surface area (Å²) in [4.78, 5) is 0. The summed E-state index contributed by atoms with van der Waals surface area (Å²) in [5.41, 5.74) is 0.953. The minimum Gasteiger partial charge on any atom is -0.491 e. The maximum Gasteiger partial charge on any atom is 0.120 e. The molecule has 0 aliphatic heterocycles. The number of hydrogen-bond donors (Lipinski definition) is 2. The first-order valence-electron chi connectivity index (χ1n) is 6.20. The molecule has 0 aromatic heterocycles. The molecule has 0 fully saturated rings. The lowest BCUT2D eigenvalue weighted by Gasteiger charge is -2.15. The molecule has 20 heavy (non-hydrogen) atoms. The van der Waals surface area contributed by atoms with Gasteiger partial charge in [0.15, 0.2) is 0 Å². The Balaban J connectivity index is 1.78. The van der Waals surface area contributed by atoms with Gasteiger partial charge in [-0.05, 0) is 46.3 Å². The summed E-state index contributed by atoms with van der Waals surface area (Å²) in [6.45, 7) is 0.671. The van der Waals surface area contributed by atoms with E-state index in [0.29, 0.717) is 6.54 Å². The molecule has 0 aliphatic carbocycles. The third kappa shape index (κ3) is 4.81. The van der Waals surface area contributed by atoms with Gasteiger partial charge >= 0.3 is 0 Å². The molecule has 3 nitrogen and oxygen atoms in total. The van der Waals surface area contributed by atoms with Crippen LogP contribution >= 0.6 is 31.9 Å². The van der Waals surface area contributed by atoms with Gasteiger partial charge in [-0.1, -0.05) is 34.1 Å². The minimum atomic E-state index is -0.582. The molecule has 0 aliphatic rings. The normalized spacial score (nSPS) is 11.9. The molecule has 0 amide bonds. The SMILES string of the molecule is OC(CNc1ccccc1Br)COc1cccc(Br)c1. The Kier molecular flexibility index (Phi) is 5.88. The molecule has 0 saturated carbocycles. The molecule has 2 N–H and O–H groups in total. The predicted octanol–water partition coefficient (Wildman–Crippen LogP) is 4.06.